The predicted molar refractivity (Wildman–Crippen MR) is 56.1 cm³/mol. The molecule has 1 aliphatic rings. The van der Waals surface area contributed by atoms with Crippen LogP contribution in [0.5, 0.6) is 5.75 Å². The lowest BCUT2D eigenvalue weighted by Crippen LogP contribution is -2.27. The largest absolute Gasteiger partial charge is 0.435 e. The fourth-order valence-electron chi connectivity index (χ4n) is 1.84. The van der Waals surface area contributed by atoms with Gasteiger partial charge in [0.15, 0.2) is 0 Å². The van der Waals surface area contributed by atoms with Crippen LogP contribution < -0.4 is 4.74 Å². The first kappa shape index (κ1) is 12.5. The summed E-state index contributed by atoms with van der Waals surface area (Å²) in [5.41, 5.74) is -0.527. The van der Waals surface area contributed by atoms with E-state index >= 15 is 0 Å². The highest BCUT2D eigenvalue weighted by Crippen LogP contribution is 2.35. The van der Waals surface area contributed by atoms with E-state index in [0.29, 0.717) is 5.56 Å². The van der Waals surface area contributed by atoms with Crippen molar-refractivity contribution >= 4 is 11.9 Å². The lowest BCUT2D eigenvalue weighted by atomic mass is 9.81. The molecule has 2 rings (SSSR count). The van der Waals surface area contributed by atoms with Gasteiger partial charge in [-0.2, -0.15) is 8.78 Å². The van der Waals surface area contributed by atoms with Crippen LogP contribution in [0.1, 0.15) is 18.9 Å². The molecule has 1 aromatic rings. The van der Waals surface area contributed by atoms with E-state index in [-0.39, 0.29) is 12.2 Å². The van der Waals surface area contributed by atoms with Crippen LogP contribution in [0.2, 0.25) is 0 Å². The van der Waals surface area contributed by atoms with Gasteiger partial charge in [-0.25, -0.2) is 0 Å². The molecule has 0 aromatic heterocycles. The molecule has 18 heavy (non-hydrogen) atoms. The Balaban J connectivity index is 2.24. The third kappa shape index (κ3) is 2.18. The Morgan fingerprint density at radius 2 is 1.89 bits per heavy atom. The summed E-state index contributed by atoms with van der Waals surface area (Å²) >= 11 is 0. The van der Waals surface area contributed by atoms with Crippen molar-refractivity contribution < 1.29 is 27.8 Å². The molecule has 1 aliphatic heterocycles. The second-order valence-corrected chi connectivity index (χ2v) is 4.17. The third-order valence-corrected chi connectivity index (χ3v) is 2.87. The quantitative estimate of drug-likeness (QED) is 0.613. The number of hydrogen-bond acceptors (Lipinski definition) is 4. The van der Waals surface area contributed by atoms with Gasteiger partial charge in [-0.1, -0.05) is 12.1 Å². The van der Waals surface area contributed by atoms with Crippen molar-refractivity contribution in [3.05, 3.63) is 29.8 Å². The fourth-order valence-corrected chi connectivity index (χ4v) is 1.84. The number of alkyl halides is 2. The summed E-state index contributed by atoms with van der Waals surface area (Å²) in [7, 11) is 0. The number of esters is 2. The zero-order valence-corrected chi connectivity index (χ0v) is 9.48. The summed E-state index contributed by atoms with van der Waals surface area (Å²) in [4.78, 5) is 22.7. The van der Waals surface area contributed by atoms with E-state index in [9.17, 15) is 18.4 Å². The standard InChI is InChI=1S/C12H10F2O4/c1-12(6-9(15)18-10(12)16)7-2-4-8(5-3-7)17-11(13)14/h2-5,11H,6H2,1H3. The molecule has 1 unspecified atom stereocenters. The van der Waals surface area contributed by atoms with Gasteiger partial charge in [-0.3, -0.25) is 9.59 Å². The van der Waals surface area contributed by atoms with Crippen LogP contribution in [0, 0.1) is 0 Å². The topological polar surface area (TPSA) is 52.6 Å². The zero-order valence-electron chi connectivity index (χ0n) is 9.48. The van der Waals surface area contributed by atoms with Crippen LogP contribution in [0.25, 0.3) is 0 Å². The summed E-state index contributed by atoms with van der Waals surface area (Å²) < 4.78 is 32.6. The average molecular weight is 256 g/mol. The first-order valence-electron chi connectivity index (χ1n) is 5.22. The highest BCUT2D eigenvalue weighted by Gasteiger charge is 2.46. The highest BCUT2D eigenvalue weighted by molar-refractivity contribution is 6.00. The van der Waals surface area contributed by atoms with Gasteiger partial charge in [0, 0.05) is 0 Å². The van der Waals surface area contributed by atoms with Gasteiger partial charge >= 0.3 is 18.6 Å². The molecule has 1 atom stereocenters. The number of carbonyl (C=O) groups is 2. The molecule has 0 bridgehead atoms. The molecule has 0 radical (unpaired) electrons. The maximum Gasteiger partial charge on any atom is 0.387 e. The van der Waals surface area contributed by atoms with Crippen molar-refractivity contribution in [2.24, 2.45) is 0 Å². The van der Waals surface area contributed by atoms with Crippen LogP contribution in [0.15, 0.2) is 24.3 Å². The smallest absolute Gasteiger partial charge is 0.387 e. The first-order valence-corrected chi connectivity index (χ1v) is 5.22. The molecule has 1 fully saturated rings. The minimum atomic E-state index is -2.90. The minimum absolute atomic E-state index is 0.00459. The van der Waals surface area contributed by atoms with Crippen molar-refractivity contribution in [3.63, 3.8) is 0 Å². The number of rotatable bonds is 3. The molecular weight excluding hydrogens is 246 g/mol. The van der Waals surface area contributed by atoms with Gasteiger partial charge in [-0.05, 0) is 24.6 Å². The van der Waals surface area contributed by atoms with Crippen molar-refractivity contribution in [2.45, 2.75) is 25.4 Å². The molecule has 96 valence electrons. The number of benzene rings is 1. The van der Waals surface area contributed by atoms with Gasteiger partial charge in [0.05, 0.1) is 6.42 Å². The second kappa shape index (κ2) is 4.36. The molecule has 4 nitrogen and oxygen atoms in total. The van der Waals surface area contributed by atoms with E-state index in [1.54, 1.807) is 6.92 Å². The van der Waals surface area contributed by atoms with Gasteiger partial charge < -0.3 is 9.47 Å². The number of ether oxygens (including phenoxy) is 2. The first-order chi connectivity index (χ1) is 8.41. The van der Waals surface area contributed by atoms with Crippen LogP contribution in [0.3, 0.4) is 0 Å². The highest BCUT2D eigenvalue weighted by atomic mass is 19.3. The van der Waals surface area contributed by atoms with Gasteiger partial charge in [0.2, 0.25) is 0 Å². The van der Waals surface area contributed by atoms with Crippen LogP contribution in [-0.4, -0.2) is 18.6 Å². The molecule has 0 N–H and O–H groups in total. The van der Waals surface area contributed by atoms with E-state index in [1.807, 2.05) is 0 Å². The Hall–Kier alpha value is -1.98. The van der Waals surface area contributed by atoms with E-state index in [1.165, 1.54) is 24.3 Å². The average Bonchev–Trinajstić information content (AvgIpc) is 2.53. The van der Waals surface area contributed by atoms with Gasteiger partial charge in [0.25, 0.3) is 0 Å². The Bertz CT molecular complexity index is 483. The van der Waals surface area contributed by atoms with Crippen molar-refractivity contribution in [1.82, 2.24) is 0 Å². The summed E-state index contributed by atoms with van der Waals surface area (Å²) in [5, 5.41) is 0. The second-order valence-electron chi connectivity index (χ2n) is 4.17. The Labute approximate surface area is 101 Å². The monoisotopic (exact) mass is 256 g/mol. The maximum absolute atomic E-state index is 12.0. The molecule has 0 amide bonds. The van der Waals surface area contributed by atoms with Crippen molar-refractivity contribution in [1.29, 1.82) is 0 Å². The summed E-state index contributed by atoms with van der Waals surface area (Å²) in [6, 6.07) is 5.58. The van der Waals surface area contributed by atoms with Crippen molar-refractivity contribution in [2.75, 3.05) is 0 Å². The Kier molecular flexibility index (Phi) is 3.02. The molecule has 6 heteroatoms. The molecule has 1 saturated heterocycles. The normalized spacial score (nSPS) is 23.3. The lowest BCUT2D eigenvalue weighted by molar-refractivity contribution is -0.153. The summed E-state index contributed by atoms with van der Waals surface area (Å²) in [6.07, 6.45) is -0.0547. The van der Waals surface area contributed by atoms with Crippen molar-refractivity contribution in [3.8, 4) is 5.75 Å². The SMILES string of the molecule is CC1(c2ccc(OC(F)F)cc2)CC(=O)OC1=O. The molecular formula is C12H10F2O4. The van der Waals surface area contributed by atoms with Crippen LogP contribution in [0.4, 0.5) is 8.78 Å². The number of carbonyl (C=O) groups excluding carboxylic acids is 2. The maximum atomic E-state index is 12.0. The van der Waals surface area contributed by atoms with Gasteiger partial charge in [-0.15, -0.1) is 0 Å². The van der Waals surface area contributed by atoms with Gasteiger partial charge in [0.1, 0.15) is 11.2 Å². The van der Waals surface area contributed by atoms with Crippen LogP contribution >= 0.6 is 0 Å². The minimum Gasteiger partial charge on any atom is -0.435 e. The zero-order chi connectivity index (χ0) is 13.3. The molecule has 1 heterocycles. The fraction of sp³-hybridized carbons (Fsp3) is 0.333. The molecule has 1 aromatic carbocycles. The molecule has 0 saturated carbocycles. The predicted octanol–water partition coefficient (Wildman–Crippen LogP) is 2.02. The number of halogens is 2. The third-order valence-electron chi connectivity index (χ3n) is 2.87. The summed E-state index contributed by atoms with van der Waals surface area (Å²) in [5.74, 6) is -1.22. The van der Waals surface area contributed by atoms with E-state index in [2.05, 4.69) is 9.47 Å². The van der Waals surface area contributed by atoms with E-state index < -0.39 is 24.0 Å². The lowest BCUT2D eigenvalue weighted by Gasteiger charge is -2.18. The van der Waals surface area contributed by atoms with Crippen LogP contribution in [-0.2, 0) is 19.7 Å². The number of hydrogen-bond donors (Lipinski definition) is 0. The summed E-state index contributed by atoms with van der Waals surface area (Å²) in [6.45, 7) is -1.33. The van der Waals surface area contributed by atoms with E-state index in [0.717, 1.165) is 0 Å². The number of cyclic esters (lactones) is 2. The molecule has 0 aliphatic carbocycles. The van der Waals surface area contributed by atoms with E-state index in [4.69, 9.17) is 0 Å². The Morgan fingerprint density at radius 3 is 2.33 bits per heavy atom. The Morgan fingerprint density at radius 1 is 1.28 bits per heavy atom. The molecule has 0 spiro atoms.